The van der Waals surface area contributed by atoms with Gasteiger partial charge in [0.2, 0.25) is 5.91 Å². The van der Waals surface area contributed by atoms with Crippen molar-refractivity contribution in [1.82, 2.24) is 5.32 Å². The molecule has 3 unspecified atom stereocenters. The van der Waals surface area contributed by atoms with Crippen LogP contribution in [0.2, 0.25) is 0 Å². The SMILES string of the molecule is CCC(OC1CCCCC1)C(=O)NCC(O)C(C)CC. The summed E-state index contributed by atoms with van der Waals surface area (Å²) in [6.45, 7) is 6.32. The number of carbonyl (C=O) groups is 1. The molecule has 0 heterocycles. The molecular formula is C16H31NO3. The summed E-state index contributed by atoms with van der Waals surface area (Å²) in [5.41, 5.74) is 0. The van der Waals surface area contributed by atoms with Crippen LogP contribution in [0.1, 0.15) is 65.7 Å². The summed E-state index contributed by atoms with van der Waals surface area (Å²) in [4.78, 5) is 12.1. The third-order valence-corrected chi connectivity index (χ3v) is 4.36. The normalized spacial score (nSPS) is 21.2. The molecule has 0 spiro atoms. The molecule has 0 aromatic rings. The lowest BCUT2D eigenvalue weighted by Crippen LogP contribution is -2.43. The summed E-state index contributed by atoms with van der Waals surface area (Å²) < 4.78 is 5.93. The Morgan fingerprint density at radius 3 is 2.45 bits per heavy atom. The van der Waals surface area contributed by atoms with Crippen LogP contribution in [-0.4, -0.2) is 35.9 Å². The van der Waals surface area contributed by atoms with Crippen LogP contribution in [0, 0.1) is 5.92 Å². The van der Waals surface area contributed by atoms with Crippen molar-refractivity contribution in [3.8, 4) is 0 Å². The molecule has 1 saturated carbocycles. The van der Waals surface area contributed by atoms with Crippen molar-refractivity contribution in [2.75, 3.05) is 6.54 Å². The summed E-state index contributed by atoms with van der Waals surface area (Å²) in [5, 5.41) is 12.7. The first-order valence-corrected chi connectivity index (χ1v) is 8.19. The van der Waals surface area contributed by atoms with Crippen LogP contribution >= 0.6 is 0 Å². The Balaban J connectivity index is 2.34. The van der Waals surface area contributed by atoms with E-state index in [4.69, 9.17) is 4.74 Å². The van der Waals surface area contributed by atoms with Gasteiger partial charge in [-0.1, -0.05) is 46.5 Å². The van der Waals surface area contributed by atoms with Crippen molar-refractivity contribution in [3.63, 3.8) is 0 Å². The molecule has 2 N–H and O–H groups in total. The molecular weight excluding hydrogens is 254 g/mol. The molecule has 3 atom stereocenters. The van der Waals surface area contributed by atoms with E-state index in [1.165, 1.54) is 19.3 Å². The largest absolute Gasteiger partial charge is 0.391 e. The summed E-state index contributed by atoms with van der Waals surface area (Å²) >= 11 is 0. The monoisotopic (exact) mass is 285 g/mol. The van der Waals surface area contributed by atoms with Crippen molar-refractivity contribution in [3.05, 3.63) is 0 Å². The van der Waals surface area contributed by atoms with E-state index < -0.39 is 6.10 Å². The van der Waals surface area contributed by atoms with Crippen LogP contribution in [0.25, 0.3) is 0 Å². The Kier molecular flexibility index (Phi) is 8.15. The lowest BCUT2D eigenvalue weighted by Gasteiger charge is -2.27. The number of amides is 1. The predicted molar refractivity (Wildman–Crippen MR) is 80.5 cm³/mol. The Morgan fingerprint density at radius 1 is 1.25 bits per heavy atom. The quantitative estimate of drug-likeness (QED) is 0.721. The van der Waals surface area contributed by atoms with Gasteiger partial charge in [0.1, 0.15) is 6.10 Å². The van der Waals surface area contributed by atoms with Gasteiger partial charge in [-0.2, -0.15) is 0 Å². The van der Waals surface area contributed by atoms with Crippen LogP contribution in [-0.2, 0) is 9.53 Å². The van der Waals surface area contributed by atoms with E-state index in [0.717, 1.165) is 19.3 Å². The molecule has 0 aromatic heterocycles. The van der Waals surface area contributed by atoms with E-state index >= 15 is 0 Å². The lowest BCUT2D eigenvalue weighted by atomic mass is 9.97. The second kappa shape index (κ2) is 9.35. The molecule has 0 saturated heterocycles. The van der Waals surface area contributed by atoms with Crippen LogP contribution < -0.4 is 5.32 Å². The van der Waals surface area contributed by atoms with Crippen molar-refractivity contribution in [2.45, 2.75) is 84.0 Å². The number of nitrogens with one attached hydrogen (secondary N) is 1. The minimum absolute atomic E-state index is 0.0829. The highest BCUT2D eigenvalue weighted by Gasteiger charge is 2.24. The van der Waals surface area contributed by atoms with Gasteiger partial charge in [-0.15, -0.1) is 0 Å². The fourth-order valence-electron chi connectivity index (χ4n) is 2.57. The molecule has 1 amide bonds. The topological polar surface area (TPSA) is 58.6 Å². The lowest BCUT2D eigenvalue weighted by molar-refractivity contribution is -0.138. The highest BCUT2D eigenvalue weighted by molar-refractivity contribution is 5.80. The third kappa shape index (κ3) is 5.80. The van der Waals surface area contributed by atoms with Crippen molar-refractivity contribution in [1.29, 1.82) is 0 Å². The second-order valence-corrected chi connectivity index (χ2v) is 5.99. The maximum absolute atomic E-state index is 12.1. The minimum atomic E-state index is -0.476. The van der Waals surface area contributed by atoms with Gasteiger partial charge in [-0.05, 0) is 25.2 Å². The molecule has 0 aromatic carbocycles. The van der Waals surface area contributed by atoms with Gasteiger partial charge in [-0.25, -0.2) is 0 Å². The molecule has 1 aliphatic carbocycles. The third-order valence-electron chi connectivity index (χ3n) is 4.36. The first-order chi connectivity index (χ1) is 9.58. The van der Waals surface area contributed by atoms with Crippen LogP contribution in [0.3, 0.4) is 0 Å². The zero-order valence-electron chi connectivity index (χ0n) is 13.2. The number of hydrogen-bond donors (Lipinski definition) is 2. The summed E-state index contributed by atoms with van der Waals surface area (Å²) in [6.07, 6.45) is 6.81. The summed E-state index contributed by atoms with van der Waals surface area (Å²) in [5.74, 6) is 0.120. The molecule has 1 rings (SSSR count). The summed E-state index contributed by atoms with van der Waals surface area (Å²) in [7, 11) is 0. The number of rotatable bonds is 8. The molecule has 0 radical (unpaired) electrons. The van der Waals surface area contributed by atoms with Gasteiger partial charge in [0, 0.05) is 6.54 Å². The minimum Gasteiger partial charge on any atom is -0.391 e. The Labute approximate surface area is 123 Å². The highest BCUT2D eigenvalue weighted by atomic mass is 16.5. The average molecular weight is 285 g/mol. The molecule has 4 nitrogen and oxygen atoms in total. The Morgan fingerprint density at radius 2 is 1.90 bits per heavy atom. The number of ether oxygens (including phenoxy) is 1. The molecule has 1 aliphatic rings. The van der Waals surface area contributed by atoms with E-state index in [2.05, 4.69) is 5.32 Å². The van der Waals surface area contributed by atoms with Crippen LogP contribution in [0.5, 0.6) is 0 Å². The highest BCUT2D eigenvalue weighted by Crippen LogP contribution is 2.22. The predicted octanol–water partition coefficient (Wildman–Crippen LogP) is 2.64. The number of carbonyl (C=O) groups excluding carboxylic acids is 1. The van der Waals surface area contributed by atoms with E-state index in [0.29, 0.717) is 13.0 Å². The summed E-state index contributed by atoms with van der Waals surface area (Å²) in [6, 6.07) is 0. The molecule has 0 aliphatic heterocycles. The number of aliphatic hydroxyl groups excluding tert-OH is 1. The maximum Gasteiger partial charge on any atom is 0.249 e. The molecule has 4 heteroatoms. The number of aliphatic hydroxyl groups is 1. The van der Waals surface area contributed by atoms with Crippen molar-refractivity contribution >= 4 is 5.91 Å². The van der Waals surface area contributed by atoms with E-state index in [9.17, 15) is 9.90 Å². The van der Waals surface area contributed by atoms with Crippen LogP contribution in [0.4, 0.5) is 0 Å². The first-order valence-electron chi connectivity index (χ1n) is 8.19. The fourth-order valence-corrected chi connectivity index (χ4v) is 2.57. The van der Waals surface area contributed by atoms with Gasteiger partial charge in [0.05, 0.1) is 12.2 Å². The standard InChI is InChI=1S/C16H31NO3/c1-4-12(3)14(18)11-17-16(19)15(5-2)20-13-9-7-6-8-10-13/h12-15,18H,4-11H2,1-3H3,(H,17,19). The van der Waals surface area contributed by atoms with Gasteiger partial charge in [0.25, 0.3) is 0 Å². The van der Waals surface area contributed by atoms with E-state index in [1.807, 2.05) is 20.8 Å². The number of hydrogen-bond acceptors (Lipinski definition) is 3. The van der Waals surface area contributed by atoms with Gasteiger partial charge in [-0.3, -0.25) is 4.79 Å². The van der Waals surface area contributed by atoms with Gasteiger partial charge >= 0.3 is 0 Å². The zero-order chi connectivity index (χ0) is 15.0. The Bertz CT molecular complexity index is 277. The van der Waals surface area contributed by atoms with Crippen LogP contribution in [0.15, 0.2) is 0 Å². The smallest absolute Gasteiger partial charge is 0.249 e. The van der Waals surface area contributed by atoms with Crippen molar-refractivity contribution < 1.29 is 14.6 Å². The molecule has 20 heavy (non-hydrogen) atoms. The molecule has 118 valence electrons. The molecule has 0 bridgehead atoms. The van der Waals surface area contributed by atoms with Gasteiger partial charge < -0.3 is 15.2 Å². The Hall–Kier alpha value is -0.610. The first kappa shape index (κ1) is 17.4. The molecule has 1 fully saturated rings. The maximum atomic E-state index is 12.1. The second-order valence-electron chi connectivity index (χ2n) is 5.99. The average Bonchev–Trinajstić information content (AvgIpc) is 2.49. The van der Waals surface area contributed by atoms with E-state index in [-0.39, 0.29) is 24.0 Å². The van der Waals surface area contributed by atoms with Crippen molar-refractivity contribution in [2.24, 2.45) is 5.92 Å². The fraction of sp³-hybridized carbons (Fsp3) is 0.938. The van der Waals surface area contributed by atoms with E-state index in [1.54, 1.807) is 0 Å². The van der Waals surface area contributed by atoms with Gasteiger partial charge in [0.15, 0.2) is 0 Å². The zero-order valence-corrected chi connectivity index (χ0v) is 13.2.